The van der Waals surface area contributed by atoms with Crippen molar-refractivity contribution >= 4 is 17.6 Å². The molecule has 0 saturated carbocycles. The lowest BCUT2D eigenvalue weighted by molar-refractivity contribution is -0.155. The van der Waals surface area contributed by atoms with Crippen LogP contribution >= 0.6 is 0 Å². The molecule has 0 aliphatic carbocycles. The van der Waals surface area contributed by atoms with Crippen molar-refractivity contribution in [3.05, 3.63) is 90.0 Å². The number of nitrogens with one attached hydrogen (secondary N) is 1. The molecule has 3 aromatic rings. The highest BCUT2D eigenvalue weighted by molar-refractivity contribution is 5.90. The van der Waals surface area contributed by atoms with Crippen LogP contribution in [0, 0.1) is 0 Å². The largest absolute Gasteiger partial charge is 0.459 e. The molecule has 0 saturated heterocycles. The van der Waals surface area contributed by atoms with Crippen molar-refractivity contribution in [1.29, 1.82) is 0 Å². The molecule has 1 atom stereocenters. The molecule has 1 unspecified atom stereocenters. The zero-order valence-corrected chi connectivity index (χ0v) is 16.2. The summed E-state index contributed by atoms with van der Waals surface area (Å²) in [6.07, 6.45) is -0.904. The quantitative estimate of drug-likeness (QED) is 0.584. The summed E-state index contributed by atoms with van der Waals surface area (Å²) in [6, 6.07) is 23.9. The molecular weight excluding hydrogens is 366 g/mol. The first-order valence-electron chi connectivity index (χ1n) is 9.45. The first kappa shape index (κ1) is 20.3. The highest BCUT2D eigenvalue weighted by Gasteiger charge is 2.19. The zero-order chi connectivity index (χ0) is 20.6. The van der Waals surface area contributed by atoms with Crippen LogP contribution in [0.2, 0.25) is 0 Å². The second-order valence-electron chi connectivity index (χ2n) is 6.60. The highest BCUT2D eigenvalue weighted by atomic mass is 16.5. The van der Waals surface area contributed by atoms with Gasteiger partial charge in [0.1, 0.15) is 6.61 Å². The Hall–Kier alpha value is -3.44. The fraction of sp³-hybridized carbons (Fsp3) is 0.167. The number of carbonyl (C=O) groups is 2. The van der Waals surface area contributed by atoms with Crippen LogP contribution in [0.4, 0.5) is 5.69 Å². The first-order chi connectivity index (χ1) is 14.1. The molecule has 0 fully saturated rings. The van der Waals surface area contributed by atoms with Gasteiger partial charge in [0.05, 0.1) is 0 Å². The van der Waals surface area contributed by atoms with Gasteiger partial charge in [-0.05, 0) is 34.4 Å². The molecule has 5 heteroatoms. The van der Waals surface area contributed by atoms with E-state index in [4.69, 9.17) is 4.74 Å². The second kappa shape index (κ2) is 9.66. The topological polar surface area (TPSA) is 75.6 Å². The summed E-state index contributed by atoms with van der Waals surface area (Å²) in [5.41, 5.74) is 3.98. The lowest BCUT2D eigenvalue weighted by Gasteiger charge is -2.12. The van der Waals surface area contributed by atoms with Crippen molar-refractivity contribution in [3.8, 4) is 11.1 Å². The molecule has 0 aromatic heterocycles. The predicted octanol–water partition coefficient (Wildman–Crippen LogP) is 4.48. The molecule has 0 spiro atoms. The van der Waals surface area contributed by atoms with Gasteiger partial charge in [-0.1, -0.05) is 73.7 Å². The Kier molecular flexibility index (Phi) is 6.76. The average molecular weight is 389 g/mol. The molecule has 3 rings (SSSR count). The third kappa shape index (κ3) is 5.53. The summed E-state index contributed by atoms with van der Waals surface area (Å²) >= 11 is 0. The van der Waals surface area contributed by atoms with Crippen LogP contribution in [0.25, 0.3) is 11.1 Å². The summed E-state index contributed by atoms with van der Waals surface area (Å²) in [7, 11) is 0. The molecule has 29 heavy (non-hydrogen) atoms. The summed E-state index contributed by atoms with van der Waals surface area (Å²) in [6.45, 7) is 1.92. The smallest absolute Gasteiger partial charge is 0.339 e. The Bertz CT molecular complexity index is 950. The number of anilines is 1. The van der Waals surface area contributed by atoms with Gasteiger partial charge in [-0.3, -0.25) is 4.79 Å². The van der Waals surface area contributed by atoms with Crippen molar-refractivity contribution < 1.29 is 19.4 Å². The van der Waals surface area contributed by atoms with Crippen LogP contribution in [0.5, 0.6) is 0 Å². The van der Waals surface area contributed by atoms with E-state index in [1.807, 2.05) is 66.7 Å². The van der Waals surface area contributed by atoms with Gasteiger partial charge in [0.15, 0.2) is 6.10 Å². The van der Waals surface area contributed by atoms with Gasteiger partial charge >= 0.3 is 5.97 Å². The van der Waals surface area contributed by atoms with E-state index < -0.39 is 12.1 Å². The number of rotatable bonds is 7. The lowest BCUT2D eigenvalue weighted by atomic mass is 10.0. The molecule has 0 bridgehead atoms. The highest BCUT2D eigenvalue weighted by Crippen LogP contribution is 2.24. The van der Waals surface area contributed by atoms with E-state index in [0.717, 1.165) is 22.4 Å². The predicted molar refractivity (Wildman–Crippen MR) is 112 cm³/mol. The number of aliphatic hydroxyl groups excluding tert-OH is 1. The van der Waals surface area contributed by atoms with Crippen LogP contribution in [0.1, 0.15) is 30.6 Å². The van der Waals surface area contributed by atoms with Gasteiger partial charge in [0.2, 0.25) is 5.91 Å². The number of esters is 1. The zero-order valence-electron chi connectivity index (χ0n) is 16.2. The van der Waals surface area contributed by atoms with E-state index >= 15 is 0 Å². The first-order valence-corrected chi connectivity index (χ1v) is 9.45. The van der Waals surface area contributed by atoms with Crippen LogP contribution in [0.3, 0.4) is 0 Å². The molecule has 5 nitrogen and oxygen atoms in total. The Morgan fingerprint density at radius 1 is 0.897 bits per heavy atom. The van der Waals surface area contributed by atoms with Crippen molar-refractivity contribution in [2.75, 3.05) is 5.32 Å². The van der Waals surface area contributed by atoms with E-state index in [-0.39, 0.29) is 12.5 Å². The van der Waals surface area contributed by atoms with E-state index in [1.54, 1.807) is 19.1 Å². The van der Waals surface area contributed by atoms with Crippen LogP contribution in [-0.4, -0.2) is 17.0 Å². The molecule has 2 N–H and O–H groups in total. The maximum absolute atomic E-state index is 12.1. The van der Waals surface area contributed by atoms with E-state index in [0.29, 0.717) is 12.0 Å². The van der Waals surface area contributed by atoms with Gasteiger partial charge in [-0.15, -0.1) is 0 Å². The van der Waals surface area contributed by atoms with Gasteiger partial charge < -0.3 is 15.2 Å². The molecule has 0 heterocycles. The maximum atomic E-state index is 12.1. The molecular formula is C24H23NO4. The van der Waals surface area contributed by atoms with Crippen LogP contribution in [0.15, 0.2) is 78.9 Å². The van der Waals surface area contributed by atoms with Gasteiger partial charge in [-0.25, -0.2) is 4.79 Å². The van der Waals surface area contributed by atoms with Crippen molar-refractivity contribution in [3.63, 3.8) is 0 Å². The van der Waals surface area contributed by atoms with Crippen LogP contribution in [-0.2, 0) is 20.9 Å². The second-order valence-corrected chi connectivity index (χ2v) is 6.60. The summed E-state index contributed by atoms with van der Waals surface area (Å²) in [4.78, 5) is 23.6. The number of aliphatic hydroxyl groups is 1. The number of ether oxygens (including phenoxy) is 1. The Balaban J connectivity index is 1.61. The molecule has 148 valence electrons. The number of hydrogen-bond acceptors (Lipinski definition) is 4. The SMILES string of the molecule is CCC(=O)Nc1ccc(-c2ccc(C(O)C(=O)OCc3ccccc3)cc2)cc1. The minimum atomic E-state index is -1.33. The number of carbonyl (C=O) groups excluding carboxylic acids is 2. The Morgan fingerprint density at radius 3 is 2.07 bits per heavy atom. The number of amides is 1. The summed E-state index contributed by atoms with van der Waals surface area (Å²) in [5.74, 6) is -0.715. The third-order valence-corrected chi connectivity index (χ3v) is 4.50. The minimum absolute atomic E-state index is 0.0322. The monoisotopic (exact) mass is 389 g/mol. The maximum Gasteiger partial charge on any atom is 0.339 e. The fourth-order valence-corrected chi connectivity index (χ4v) is 2.80. The van der Waals surface area contributed by atoms with Gasteiger partial charge in [-0.2, -0.15) is 0 Å². The number of benzene rings is 3. The fourth-order valence-electron chi connectivity index (χ4n) is 2.80. The Labute approximate surface area is 170 Å². The van der Waals surface area contributed by atoms with Crippen molar-refractivity contribution in [2.24, 2.45) is 0 Å². The standard InChI is InChI=1S/C24H23NO4/c1-2-22(26)25-21-14-12-19(13-15-21)18-8-10-20(11-9-18)23(27)24(28)29-16-17-6-4-3-5-7-17/h3-15,23,27H,2,16H2,1H3,(H,25,26). The average Bonchev–Trinajstić information content (AvgIpc) is 2.78. The van der Waals surface area contributed by atoms with E-state index in [2.05, 4.69) is 5.32 Å². The van der Waals surface area contributed by atoms with Gasteiger partial charge in [0.25, 0.3) is 0 Å². The Morgan fingerprint density at radius 2 is 1.48 bits per heavy atom. The van der Waals surface area contributed by atoms with Crippen molar-refractivity contribution in [1.82, 2.24) is 0 Å². The van der Waals surface area contributed by atoms with E-state index in [9.17, 15) is 14.7 Å². The van der Waals surface area contributed by atoms with Crippen LogP contribution < -0.4 is 5.32 Å². The normalized spacial score (nSPS) is 11.5. The minimum Gasteiger partial charge on any atom is -0.459 e. The summed E-state index contributed by atoms with van der Waals surface area (Å²) in [5, 5.41) is 13.1. The van der Waals surface area contributed by atoms with E-state index in [1.165, 1.54) is 0 Å². The summed E-state index contributed by atoms with van der Waals surface area (Å²) < 4.78 is 5.19. The molecule has 0 aliphatic rings. The third-order valence-electron chi connectivity index (χ3n) is 4.50. The van der Waals surface area contributed by atoms with Crippen molar-refractivity contribution in [2.45, 2.75) is 26.1 Å². The number of hydrogen-bond donors (Lipinski definition) is 2. The molecule has 3 aromatic carbocycles. The molecule has 0 aliphatic heterocycles. The lowest BCUT2D eigenvalue weighted by Crippen LogP contribution is -2.15. The molecule has 1 amide bonds. The van der Waals surface area contributed by atoms with Gasteiger partial charge in [0, 0.05) is 12.1 Å². The molecule has 0 radical (unpaired) electrons.